The van der Waals surface area contributed by atoms with Gasteiger partial charge in [0, 0.05) is 49.7 Å². The van der Waals surface area contributed by atoms with E-state index in [1.807, 2.05) is 7.05 Å². The number of halogens is 5. The molecule has 1 aromatic heterocycles. The number of rotatable bonds is 5. The van der Waals surface area contributed by atoms with Crippen molar-refractivity contribution in [2.45, 2.75) is 56.9 Å². The zero-order chi connectivity index (χ0) is 25.8. The van der Waals surface area contributed by atoms with Crippen molar-refractivity contribution in [2.24, 2.45) is 0 Å². The average Bonchev–Trinajstić information content (AvgIpc) is 3.41. The maximum Gasteiger partial charge on any atom is 0.433 e. The summed E-state index contributed by atoms with van der Waals surface area (Å²) in [6.07, 6.45) is -2.37. The monoisotopic (exact) mass is 527 g/mol. The molecule has 1 amide bonds. The molecule has 0 bridgehead atoms. The number of aromatic nitrogens is 2. The van der Waals surface area contributed by atoms with Crippen LogP contribution in [0.4, 0.5) is 17.6 Å². The van der Waals surface area contributed by atoms with Crippen molar-refractivity contribution in [1.29, 1.82) is 0 Å². The molecule has 0 radical (unpaired) electrons. The highest BCUT2D eigenvalue weighted by Crippen LogP contribution is 2.43. The second kappa shape index (κ2) is 9.61. The number of likely N-dealkylation sites (tertiary alicyclic amines) is 1. The molecule has 36 heavy (non-hydrogen) atoms. The summed E-state index contributed by atoms with van der Waals surface area (Å²) in [6, 6.07) is 3.09. The zero-order valence-electron chi connectivity index (χ0n) is 20.4. The molecule has 0 unspecified atom stereocenters. The Hall–Kier alpha value is -2.17. The molecule has 0 N–H and O–H groups in total. The van der Waals surface area contributed by atoms with Crippen LogP contribution in [0.25, 0.3) is 0 Å². The standard InChI is InChI=1S/C25H30ClF4N5O/c1-15-11-17(27)12-18(23(15)26)24-20(33-9-7-32(2)8-10-33)5-6-34(24)22(36)14-35-21(25(28,29)30)13-19(31-35)16-3-4-16/h11-13,16,20,24H,3-10,14H2,1-2H3/t20-,24-/m1/s1. The van der Waals surface area contributed by atoms with E-state index in [2.05, 4.69) is 14.9 Å². The van der Waals surface area contributed by atoms with Crippen LogP contribution < -0.4 is 0 Å². The second-order valence-corrected chi connectivity index (χ2v) is 10.6. The van der Waals surface area contributed by atoms with Crippen LogP contribution in [0, 0.1) is 12.7 Å². The Morgan fingerprint density at radius 2 is 1.78 bits per heavy atom. The summed E-state index contributed by atoms with van der Waals surface area (Å²) < 4.78 is 56.5. The van der Waals surface area contributed by atoms with E-state index in [9.17, 15) is 22.4 Å². The highest BCUT2D eigenvalue weighted by molar-refractivity contribution is 6.32. The van der Waals surface area contributed by atoms with Crippen molar-refractivity contribution in [3.8, 4) is 0 Å². The van der Waals surface area contributed by atoms with E-state index in [-0.39, 0.29) is 12.0 Å². The molecular weight excluding hydrogens is 498 g/mol. The molecular formula is C25H30ClF4N5O. The van der Waals surface area contributed by atoms with Crippen molar-refractivity contribution in [2.75, 3.05) is 39.8 Å². The molecule has 1 saturated carbocycles. The fourth-order valence-corrected chi connectivity index (χ4v) is 5.74. The van der Waals surface area contributed by atoms with E-state index in [4.69, 9.17) is 11.6 Å². The first-order chi connectivity index (χ1) is 17.0. The van der Waals surface area contributed by atoms with Crippen LogP contribution in [-0.4, -0.2) is 76.2 Å². The highest BCUT2D eigenvalue weighted by atomic mass is 35.5. The van der Waals surface area contributed by atoms with Gasteiger partial charge in [0.1, 0.15) is 18.1 Å². The molecule has 2 atom stereocenters. The number of carbonyl (C=O) groups is 1. The lowest BCUT2D eigenvalue weighted by atomic mass is 9.96. The summed E-state index contributed by atoms with van der Waals surface area (Å²) in [4.78, 5) is 19.6. The fraction of sp³-hybridized carbons (Fsp3) is 0.600. The molecule has 1 aliphatic carbocycles. The van der Waals surface area contributed by atoms with Crippen LogP contribution in [0.5, 0.6) is 0 Å². The largest absolute Gasteiger partial charge is 0.433 e. The van der Waals surface area contributed by atoms with Crippen molar-refractivity contribution in [1.82, 2.24) is 24.5 Å². The molecule has 2 aliphatic heterocycles. The maximum atomic E-state index is 14.5. The van der Waals surface area contributed by atoms with Crippen molar-refractivity contribution >= 4 is 17.5 Å². The number of alkyl halides is 3. The van der Waals surface area contributed by atoms with E-state index < -0.39 is 36.2 Å². The number of hydrogen-bond donors (Lipinski definition) is 0. The molecule has 3 heterocycles. The summed E-state index contributed by atoms with van der Waals surface area (Å²) in [5.74, 6) is -0.910. The summed E-state index contributed by atoms with van der Waals surface area (Å²) in [5.41, 5.74) is 0.527. The van der Waals surface area contributed by atoms with Gasteiger partial charge in [0.25, 0.3) is 0 Å². The van der Waals surface area contributed by atoms with Crippen LogP contribution in [0.1, 0.15) is 53.7 Å². The Morgan fingerprint density at radius 3 is 2.42 bits per heavy atom. The van der Waals surface area contributed by atoms with Crippen LogP contribution in [0.3, 0.4) is 0 Å². The molecule has 2 saturated heterocycles. The predicted octanol–water partition coefficient (Wildman–Crippen LogP) is 4.47. The predicted molar refractivity (Wildman–Crippen MR) is 127 cm³/mol. The molecule has 2 aromatic rings. The van der Waals surface area contributed by atoms with Gasteiger partial charge in [-0.2, -0.15) is 18.3 Å². The first-order valence-corrected chi connectivity index (χ1v) is 12.7. The second-order valence-electron chi connectivity index (χ2n) is 10.2. The third-order valence-electron chi connectivity index (χ3n) is 7.63. The first-order valence-electron chi connectivity index (χ1n) is 12.4. The smallest absolute Gasteiger partial charge is 0.332 e. The Labute approximate surface area is 212 Å². The van der Waals surface area contributed by atoms with Gasteiger partial charge in [0.05, 0.1) is 11.7 Å². The lowest BCUT2D eigenvalue weighted by Gasteiger charge is -2.40. The van der Waals surface area contributed by atoms with Gasteiger partial charge in [-0.3, -0.25) is 14.4 Å². The van der Waals surface area contributed by atoms with Crippen molar-refractivity contribution in [3.05, 3.63) is 51.6 Å². The highest BCUT2D eigenvalue weighted by Gasteiger charge is 2.44. The third kappa shape index (κ3) is 4.99. The number of nitrogens with zero attached hydrogens (tertiary/aromatic N) is 5. The molecule has 6 nitrogen and oxygen atoms in total. The van der Waals surface area contributed by atoms with Crippen LogP contribution in [0.15, 0.2) is 18.2 Å². The number of piperazine rings is 1. The number of hydrogen-bond acceptors (Lipinski definition) is 4. The van der Waals surface area contributed by atoms with Gasteiger partial charge >= 0.3 is 6.18 Å². The Balaban J connectivity index is 1.47. The minimum absolute atomic E-state index is 0.0256. The Morgan fingerprint density at radius 1 is 1.08 bits per heavy atom. The molecule has 5 rings (SSSR count). The number of benzene rings is 1. The van der Waals surface area contributed by atoms with Gasteiger partial charge in [-0.1, -0.05) is 11.6 Å². The van der Waals surface area contributed by atoms with Gasteiger partial charge < -0.3 is 9.80 Å². The third-order valence-corrected chi connectivity index (χ3v) is 8.15. The van der Waals surface area contributed by atoms with Crippen LogP contribution in [-0.2, 0) is 17.5 Å². The minimum Gasteiger partial charge on any atom is -0.332 e. The van der Waals surface area contributed by atoms with E-state index in [1.165, 1.54) is 12.1 Å². The van der Waals surface area contributed by atoms with E-state index in [0.717, 1.165) is 49.8 Å². The van der Waals surface area contributed by atoms with E-state index in [0.29, 0.717) is 34.8 Å². The number of carbonyl (C=O) groups excluding carboxylic acids is 1. The summed E-state index contributed by atoms with van der Waals surface area (Å²) in [5, 5.41) is 4.54. The van der Waals surface area contributed by atoms with E-state index in [1.54, 1.807) is 11.8 Å². The quantitative estimate of drug-likeness (QED) is 0.538. The van der Waals surface area contributed by atoms with Crippen LogP contribution in [0.2, 0.25) is 5.02 Å². The Kier molecular flexibility index (Phi) is 6.80. The van der Waals surface area contributed by atoms with Gasteiger partial charge in [-0.05, 0) is 62.6 Å². The normalized spacial score (nSPS) is 24.0. The van der Waals surface area contributed by atoms with Gasteiger partial charge in [0.15, 0.2) is 0 Å². The summed E-state index contributed by atoms with van der Waals surface area (Å²) in [6.45, 7) is 4.82. The Bertz CT molecular complexity index is 1140. The molecule has 11 heteroatoms. The number of likely N-dealkylation sites (N-methyl/N-ethyl adjacent to an activating group) is 1. The zero-order valence-corrected chi connectivity index (χ0v) is 21.1. The lowest BCUT2D eigenvalue weighted by Crippen LogP contribution is -2.51. The maximum absolute atomic E-state index is 14.5. The number of amides is 1. The molecule has 3 fully saturated rings. The molecule has 3 aliphatic rings. The van der Waals surface area contributed by atoms with Crippen LogP contribution >= 0.6 is 11.6 Å². The van der Waals surface area contributed by atoms with Gasteiger partial charge in [0.2, 0.25) is 5.91 Å². The number of aryl methyl sites for hydroxylation is 1. The lowest BCUT2D eigenvalue weighted by molar-refractivity contribution is -0.146. The average molecular weight is 528 g/mol. The van der Waals surface area contributed by atoms with Gasteiger partial charge in [-0.15, -0.1) is 0 Å². The summed E-state index contributed by atoms with van der Waals surface area (Å²) >= 11 is 6.64. The first kappa shape index (κ1) is 25.5. The molecule has 1 aromatic carbocycles. The minimum atomic E-state index is -4.61. The molecule has 196 valence electrons. The SMILES string of the molecule is Cc1cc(F)cc([C@@H]2[C@H](N3CCN(C)CC3)CCN2C(=O)Cn2nc(C3CC3)cc2C(F)(F)F)c1Cl. The van der Waals surface area contributed by atoms with Crippen molar-refractivity contribution < 1.29 is 22.4 Å². The molecule has 0 spiro atoms. The van der Waals surface area contributed by atoms with Crippen molar-refractivity contribution in [3.63, 3.8) is 0 Å². The summed E-state index contributed by atoms with van der Waals surface area (Å²) in [7, 11) is 2.05. The van der Waals surface area contributed by atoms with Gasteiger partial charge in [-0.25, -0.2) is 4.39 Å². The van der Waals surface area contributed by atoms with E-state index >= 15 is 0 Å². The fourth-order valence-electron chi connectivity index (χ4n) is 5.52. The topological polar surface area (TPSA) is 44.6 Å².